The Morgan fingerprint density at radius 2 is 1.70 bits per heavy atom. The summed E-state index contributed by atoms with van der Waals surface area (Å²) in [7, 11) is -3.47. The smallest absolute Gasteiger partial charge is 0.320 e. The number of urea groups is 1. The first-order valence-electron chi connectivity index (χ1n) is 13.6. The molecule has 2 aliphatic heterocycles. The number of hydrogen-bond donors (Lipinski definition) is 1. The number of halogens is 1. The van der Waals surface area contributed by atoms with E-state index in [9.17, 15) is 17.6 Å². The molecule has 1 aromatic heterocycles. The van der Waals surface area contributed by atoms with Crippen molar-refractivity contribution in [2.24, 2.45) is 16.7 Å². The van der Waals surface area contributed by atoms with Gasteiger partial charge in [0.2, 0.25) is 0 Å². The lowest BCUT2D eigenvalue weighted by Crippen LogP contribution is -2.71. The van der Waals surface area contributed by atoms with Crippen molar-refractivity contribution in [3.63, 3.8) is 0 Å². The number of sulfone groups is 1. The van der Waals surface area contributed by atoms with Crippen LogP contribution in [-0.4, -0.2) is 71.9 Å². The Balaban J connectivity index is 0.865. The minimum Gasteiger partial charge on any atom is -0.323 e. The van der Waals surface area contributed by atoms with Crippen LogP contribution in [0.5, 0.6) is 0 Å². The molecule has 5 fully saturated rings. The second-order valence-electron chi connectivity index (χ2n) is 12.8. The first kappa shape index (κ1) is 23.6. The van der Waals surface area contributed by atoms with E-state index in [1.165, 1.54) is 25.3 Å². The highest BCUT2D eigenvalue weighted by Gasteiger charge is 2.58. The Kier molecular flexibility index (Phi) is 5.11. The molecule has 8 nitrogen and oxygen atoms in total. The number of nitrogens with zero attached hydrogens (tertiary/aromatic N) is 4. The summed E-state index contributed by atoms with van der Waals surface area (Å²) in [5, 5.41) is 7.63. The molecule has 3 saturated carbocycles. The first-order valence-corrected chi connectivity index (χ1v) is 15.4. The third-order valence-electron chi connectivity index (χ3n) is 9.76. The molecule has 7 rings (SSSR count). The second kappa shape index (κ2) is 8.01. The molecule has 198 valence electrons. The number of H-pyrrole nitrogens is 1. The molecule has 0 atom stereocenters. The van der Waals surface area contributed by atoms with E-state index in [1.807, 2.05) is 9.80 Å². The number of nitrogens with one attached hydrogen (secondary N) is 1. The van der Waals surface area contributed by atoms with Crippen LogP contribution in [0.2, 0.25) is 0 Å². The summed E-state index contributed by atoms with van der Waals surface area (Å²) in [6.07, 6.45) is 9.62. The Bertz CT molecular complexity index is 1340. The normalized spacial score (nSPS) is 24.8. The molecule has 5 aliphatic rings. The van der Waals surface area contributed by atoms with E-state index in [4.69, 9.17) is 4.98 Å². The summed E-state index contributed by atoms with van der Waals surface area (Å²) in [4.78, 5) is 21.8. The summed E-state index contributed by atoms with van der Waals surface area (Å²) < 4.78 is 37.8. The molecule has 2 spiro atoms. The summed E-state index contributed by atoms with van der Waals surface area (Å²) in [5.74, 6) is 2.87. The zero-order chi connectivity index (χ0) is 25.6. The summed E-state index contributed by atoms with van der Waals surface area (Å²) >= 11 is 0. The maximum atomic E-state index is 13.6. The van der Waals surface area contributed by atoms with Crippen molar-refractivity contribution in [3.8, 4) is 0 Å². The number of hydrogen-bond acceptors (Lipinski definition) is 5. The third-order valence-corrected chi connectivity index (χ3v) is 10.9. The van der Waals surface area contributed by atoms with Crippen LogP contribution in [0.15, 0.2) is 23.1 Å². The van der Waals surface area contributed by atoms with Gasteiger partial charge in [-0.2, -0.15) is 5.10 Å². The van der Waals surface area contributed by atoms with Gasteiger partial charge in [-0.15, -0.1) is 0 Å². The third kappa shape index (κ3) is 3.97. The second-order valence-corrected chi connectivity index (χ2v) is 14.8. The van der Waals surface area contributed by atoms with Crippen molar-refractivity contribution in [1.29, 1.82) is 0 Å². The Labute approximate surface area is 216 Å². The summed E-state index contributed by atoms with van der Waals surface area (Å²) in [6.45, 7) is 3.26. The van der Waals surface area contributed by atoms with Gasteiger partial charge in [-0.25, -0.2) is 22.6 Å². The molecule has 0 unspecified atom stereocenters. The molecule has 37 heavy (non-hydrogen) atoms. The molecule has 10 heteroatoms. The largest absolute Gasteiger partial charge is 0.323 e. The van der Waals surface area contributed by atoms with Crippen molar-refractivity contribution in [1.82, 2.24) is 25.0 Å². The van der Waals surface area contributed by atoms with E-state index in [-0.39, 0.29) is 21.8 Å². The van der Waals surface area contributed by atoms with E-state index in [0.717, 1.165) is 75.8 Å². The maximum absolute atomic E-state index is 13.6. The van der Waals surface area contributed by atoms with Crippen LogP contribution >= 0.6 is 0 Å². The number of aromatic amines is 1. The van der Waals surface area contributed by atoms with Gasteiger partial charge in [0.1, 0.15) is 11.6 Å². The number of benzene rings is 1. The SMILES string of the molecule is CS(=O)(=O)c1cc(F)ccc1CC1CC2(C1)CN(C(=O)N1CC3(CC(c4n[nH]c(C5CCC5)n4)C3)C1)C2. The molecule has 1 aromatic carbocycles. The van der Waals surface area contributed by atoms with Gasteiger partial charge in [0.15, 0.2) is 15.7 Å². The molecule has 3 heterocycles. The molecule has 2 saturated heterocycles. The highest BCUT2D eigenvalue weighted by atomic mass is 32.2. The van der Waals surface area contributed by atoms with E-state index in [2.05, 4.69) is 10.2 Å². The lowest BCUT2D eigenvalue weighted by molar-refractivity contribution is -0.100. The van der Waals surface area contributed by atoms with E-state index >= 15 is 0 Å². The van der Waals surface area contributed by atoms with Crippen molar-refractivity contribution >= 4 is 15.9 Å². The molecular formula is C27H34FN5O3S. The van der Waals surface area contributed by atoms with Crippen molar-refractivity contribution in [2.75, 3.05) is 32.4 Å². The fourth-order valence-corrected chi connectivity index (χ4v) is 8.63. The van der Waals surface area contributed by atoms with E-state index in [1.54, 1.807) is 6.07 Å². The molecule has 0 radical (unpaired) electrons. The molecule has 2 aromatic rings. The average molecular weight is 528 g/mol. The lowest BCUT2D eigenvalue weighted by Gasteiger charge is -2.63. The van der Waals surface area contributed by atoms with E-state index in [0.29, 0.717) is 29.7 Å². The zero-order valence-corrected chi connectivity index (χ0v) is 22.1. The van der Waals surface area contributed by atoms with Crippen LogP contribution in [0.4, 0.5) is 9.18 Å². The summed E-state index contributed by atoms with van der Waals surface area (Å²) in [6, 6.07) is 4.23. The number of aromatic nitrogens is 3. The number of carbonyl (C=O) groups excluding carboxylic acids is 1. The van der Waals surface area contributed by atoms with Crippen molar-refractivity contribution < 1.29 is 17.6 Å². The number of amides is 2. The number of likely N-dealkylation sites (tertiary alicyclic amines) is 2. The molecule has 3 aliphatic carbocycles. The first-order chi connectivity index (χ1) is 17.6. The van der Waals surface area contributed by atoms with Gasteiger partial charge < -0.3 is 9.80 Å². The minimum absolute atomic E-state index is 0.102. The predicted octanol–water partition coefficient (Wildman–Crippen LogP) is 3.87. The zero-order valence-electron chi connectivity index (χ0n) is 21.2. The predicted molar refractivity (Wildman–Crippen MR) is 134 cm³/mol. The van der Waals surface area contributed by atoms with Gasteiger partial charge in [-0.1, -0.05) is 12.5 Å². The van der Waals surface area contributed by atoms with Crippen molar-refractivity contribution in [2.45, 2.75) is 68.1 Å². The quantitative estimate of drug-likeness (QED) is 0.637. The molecule has 1 N–H and O–H groups in total. The van der Waals surface area contributed by atoms with Crippen LogP contribution in [0.1, 0.15) is 74.0 Å². The summed E-state index contributed by atoms with van der Waals surface area (Å²) in [5.41, 5.74) is 1.14. The van der Waals surface area contributed by atoms with Crippen LogP contribution in [-0.2, 0) is 16.3 Å². The monoisotopic (exact) mass is 527 g/mol. The lowest BCUT2D eigenvalue weighted by atomic mass is 9.56. The Morgan fingerprint density at radius 1 is 1.05 bits per heavy atom. The van der Waals surface area contributed by atoms with Gasteiger partial charge >= 0.3 is 6.03 Å². The topological polar surface area (TPSA) is 99.3 Å². The highest BCUT2D eigenvalue weighted by Crippen LogP contribution is 2.57. The van der Waals surface area contributed by atoms with Crippen LogP contribution in [0.3, 0.4) is 0 Å². The van der Waals surface area contributed by atoms with Gasteiger partial charge in [0.05, 0.1) is 4.90 Å². The Morgan fingerprint density at radius 3 is 2.30 bits per heavy atom. The fraction of sp³-hybridized carbons (Fsp3) is 0.667. The number of carbonyl (C=O) groups is 1. The van der Waals surface area contributed by atoms with Crippen LogP contribution in [0.25, 0.3) is 0 Å². The minimum atomic E-state index is -3.47. The average Bonchev–Trinajstić information content (AvgIpc) is 3.14. The number of rotatable bonds is 5. The van der Waals surface area contributed by atoms with Crippen LogP contribution < -0.4 is 0 Å². The van der Waals surface area contributed by atoms with Gasteiger partial charge in [-0.05, 0) is 68.6 Å². The van der Waals surface area contributed by atoms with Gasteiger partial charge in [-0.3, -0.25) is 5.10 Å². The van der Waals surface area contributed by atoms with Crippen molar-refractivity contribution in [3.05, 3.63) is 41.2 Å². The molecule has 2 amide bonds. The van der Waals surface area contributed by atoms with Crippen LogP contribution in [0, 0.1) is 22.6 Å². The van der Waals surface area contributed by atoms with Gasteiger partial charge in [0.25, 0.3) is 0 Å². The molecule has 0 bridgehead atoms. The highest BCUT2D eigenvalue weighted by molar-refractivity contribution is 7.90. The Hall–Kier alpha value is -2.49. The molecular weight excluding hydrogens is 493 g/mol. The van der Waals surface area contributed by atoms with E-state index < -0.39 is 15.7 Å². The van der Waals surface area contributed by atoms with Gasteiger partial charge in [0, 0.05) is 55.1 Å². The fourth-order valence-electron chi connectivity index (χ4n) is 7.68. The standard InChI is InChI=1S/C27H34FN5O3S/c1-37(35,36)22-8-21(28)6-5-19(22)7-17-9-26(10-17)13-32(14-26)25(34)33-15-27(16-33)11-20(12-27)24-29-23(30-31-24)18-3-2-4-18/h5-6,8,17-18,20H,2-4,7,9-16H2,1H3,(H,29,30,31). The maximum Gasteiger partial charge on any atom is 0.320 e.